The lowest BCUT2D eigenvalue weighted by molar-refractivity contribution is 0.210. The second-order valence-corrected chi connectivity index (χ2v) is 10.2. The van der Waals surface area contributed by atoms with Crippen molar-refractivity contribution in [2.75, 3.05) is 6.26 Å². The van der Waals surface area contributed by atoms with Gasteiger partial charge in [0, 0.05) is 5.25 Å². The zero-order chi connectivity index (χ0) is 16.1. The predicted octanol–water partition coefficient (Wildman–Crippen LogP) is 7.14. The molecular formula is C22H39S-. The van der Waals surface area contributed by atoms with Crippen LogP contribution in [0, 0.1) is 36.0 Å². The summed E-state index contributed by atoms with van der Waals surface area (Å²) in [5.41, 5.74) is 0. The zero-order valence-electron chi connectivity index (χ0n) is 15.6. The third kappa shape index (κ3) is 5.68. The van der Waals surface area contributed by atoms with Crippen LogP contribution in [0.15, 0.2) is 0 Å². The zero-order valence-corrected chi connectivity index (χ0v) is 16.5. The first-order chi connectivity index (χ1) is 11.2. The summed E-state index contributed by atoms with van der Waals surface area (Å²) in [5, 5.41) is 0.981. The van der Waals surface area contributed by atoms with E-state index in [1.165, 1.54) is 77.0 Å². The molecule has 23 heavy (non-hydrogen) atoms. The highest BCUT2D eigenvalue weighted by atomic mass is 32.2. The molecule has 0 saturated heterocycles. The summed E-state index contributed by atoms with van der Waals surface area (Å²) >= 11 is 2.11. The summed E-state index contributed by atoms with van der Waals surface area (Å²) in [4.78, 5) is 0. The standard InChI is InChI=1S/C22H39S/c1-17-3-5-18(6-4-17)15-19-7-9-20(10-8-19)16-21-11-13-22(23-2)14-12-21/h15,17-22H,3-14,16H2,1-2H3/q-1. The molecule has 0 N–H and O–H groups in total. The summed E-state index contributed by atoms with van der Waals surface area (Å²) in [7, 11) is 0. The Labute approximate surface area is 150 Å². The molecule has 0 radical (unpaired) electrons. The highest BCUT2D eigenvalue weighted by Crippen LogP contribution is 2.41. The van der Waals surface area contributed by atoms with Crippen LogP contribution in [-0.2, 0) is 0 Å². The molecule has 0 aromatic heterocycles. The minimum atomic E-state index is 0.967. The fourth-order valence-corrected chi connectivity index (χ4v) is 6.30. The Morgan fingerprint density at radius 1 is 0.696 bits per heavy atom. The average Bonchev–Trinajstić information content (AvgIpc) is 2.59. The van der Waals surface area contributed by atoms with Crippen LogP contribution >= 0.6 is 11.8 Å². The minimum absolute atomic E-state index is 0.967. The molecule has 0 amide bonds. The van der Waals surface area contributed by atoms with E-state index in [1.54, 1.807) is 6.42 Å². The minimum Gasteiger partial charge on any atom is -0.322 e. The number of thioether (sulfide) groups is 1. The highest BCUT2D eigenvalue weighted by molar-refractivity contribution is 7.99. The largest absolute Gasteiger partial charge is 0.322 e. The molecule has 1 heteroatoms. The van der Waals surface area contributed by atoms with Gasteiger partial charge in [0.2, 0.25) is 0 Å². The summed E-state index contributed by atoms with van der Waals surface area (Å²) in [5.74, 6) is 5.08. The molecule has 0 aromatic rings. The van der Waals surface area contributed by atoms with Gasteiger partial charge in [0.15, 0.2) is 0 Å². The summed E-state index contributed by atoms with van der Waals surface area (Å²) in [6.45, 7) is 2.44. The van der Waals surface area contributed by atoms with Crippen molar-refractivity contribution in [1.29, 1.82) is 0 Å². The fourth-order valence-electron chi connectivity index (χ4n) is 5.55. The molecule has 3 aliphatic rings. The molecule has 3 rings (SSSR count). The Bertz CT molecular complexity index is 315. The topological polar surface area (TPSA) is 0 Å². The lowest BCUT2D eigenvalue weighted by atomic mass is 9.71. The van der Waals surface area contributed by atoms with Crippen LogP contribution in [0.3, 0.4) is 0 Å². The third-order valence-corrected chi connectivity index (χ3v) is 8.43. The van der Waals surface area contributed by atoms with E-state index in [2.05, 4.69) is 31.4 Å². The van der Waals surface area contributed by atoms with Gasteiger partial charge in [-0.05, 0) is 56.1 Å². The molecule has 3 saturated carbocycles. The molecule has 3 fully saturated rings. The molecule has 0 aliphatic heterocycles. The van der Waals surface area contributed by atoms with Crippen molar-refractivity contribution < 1.29 is 0 Å². The SMILES string of the molecule is CSC1CCC(CC2CCC([CH-]C3CCC(C)CC3)CC2)CC1. The summed E-state index contributed by atoms with van der Waals surface area (Å²) < 4.78 is 0. The van der Waals surface area contributed by atoms with Crippen molar-refractivity contribution in [3.8, 4) is 0 Å². The van der Waals surface area contributed by atoms with E-state index < -0.39 is 0 Å². The first-order valence-electron chi connectivity index (χ1n) is 10.6. The molecular weight excluding hydrogens is 296 g/mol. The lowest BCUT2D eigenvalue weighted by Gasteiger charge is -2.42. The van der Waals surface area contributed by atoms with Crippen molar-refractivity contribution in [1.82, 2.24) is 0 Å². The van der Waals surface area contributed by atoms with Crippen LogP contribution in [0.5, 0.6) is 0 Å². The first kappa shape index (κ1) is 18.2. The van der Waals surface area contributed by atoms with Gasteiger partial charge < -0.3 is 6.42 Å². The maximum Gasteiger partial charge on any atom is 0.00444 e. The van der Waals surface area contributed by atoms with Crippen LogP contribution < -0.4 is 0 Å². The lowest BCUT2D eigenvalue weighted by Crippen LogP contribution is -2.23. The average molecular weight is 336 g/mol. The molecule has 0 bridgehead atoms. The fraction of sp³-hybridized carbons (Fsp3) is 0.955. The summed E-state index contributed by atoms with van der Waals surface area (Å²) in [6.07, 6.45) is 24.7. The normalized spacial score (nSPS) is 42.5. The van der Waals surface area contributed by atoms with Crippen LogP contribution in [0.1, 0.15) is 90.4 Å². The maximum absolute atomic E-state index is 2.80. The molecule has 0 aromatic carbocycles. The van der Waals surface area contributed by atoms with Crippen molar-refractivity contribution >= 4 is 11.8 Å². The van der Waals surface area contributed by atoms with Crippen molar-refractivity contribution in [2.24, 2.45) is 29.6 Å². The van der Waals surface area contributed by atoms with Crippen LogP contribution in [-0.4, -0.2) is 11.5 Å². The molecule has 0 spiro atoms. The van der Waals surface area contributed by atoms with Crippen LogP contribution in [0.2, 0.25) is 0 Å². The van der Waals surface area contributed by atoms with E-state index in [1.807, 2.05) is 0 Å². The first-order valence-corrected chi connectivity index (χ1v) is 11.9. The van der Waals surface area contributed by atoms with Gasteiger partial charge in [-0.3, -0.25) is 0 Å². The van der Waals surface area contributed by atoms with Gasteiger partial charge in [0.05, 0.1) is 0 Å². The van der Waals surface area contributed by atoms with Gasteiger partial charge in [-0.1, -0.05) is 58.3 Å². The maximum atomic E-state index is 2.80. The van der Waals surface area contributed by atoms with Crippen LogP contribution in [0.25, 0.3) is 0 Å². The summed E-state index contributed by atoms with van der Waals surface area (Å²) in [6, 6.07) is 0. The van der Waals surface area contributed by atoms with Gasteiger partial charge in [-0.15, -0.1) is 0 Å². The Balaban J connectivity index is 1.31. The highest BCUT2D eigenvalue weighted by Gasteiger charge is 2.25. The quantitative estimate of drug-likeness (QED) is 0.481. The number of rotatable bonds is 5. The predicted molar refractivity (Wildman–Crippen MR) is 105 cm³/mol. The van der Waals surface area contributed by atoms with Crippen molar-refractivity contribution in [3.05, 3.63) is 6.42 Å². The van der Waals surface area contributed by atoms with Gasteiger partial charge >= 0.3 is 0 Å². The smallest absolute Gasteiger partial charge is 0.00444 e. The third-order valence-electron chi connectivity index (χ3n) is 7.29. The van der Waals surface area contributed by atoms with Gasteiger partial charge in [-0.25, -0.2) is 0 Å². The molecule has 0 heterocycles. The number of hydrogen-bond acceptors (Lipinski definition) is 1. The molecule has 0 atom stereocenters. The van der Waals surface area contributed by atoms with E-state index in [4.69, 9.17) is 0 Å². The Kier molecular flexibility index (Phi) is 7.23. The molecule has 3 aliphatic carbocycles. The van der Waals surface area contributed by atoms with E-state index >= 15 is 0 Å². The molecule has 0 unspecified atom stereocenters. The van der Waals surface area contributed by atoms with Gasteiger partial charge in [0.1, 0.15) is 0 Å². The Morgan fingerprint density at radius 2 is 1.17 bits per heavy atom. The van der Waals surface area contributed by atoms with Gasteiger partial charge in [0.25, 0.3) is 0 Å². The monoisotopic (exact) mass is 335 g/mol. The van der Waals surface area contributed by atoms with Crippen molar-refractivity contribution in [3.63, 3.8) is 0 Å². The van der Waals surface area contributed by atoms with Gasteiger partial charge in [-0.2, -0.15) is 23.6 Å². The van der Waals surface area contributed by atoms with Crippen LogP contribution in [0.4, 0.5) is 0 Å². The van der Waals surface area contributed by atoms with E-state index in [0.717, 1.165) is 34.8 Å². The molecule has 0 nitrogen and oxygen atoms in total. The number of hydrogen-bond donors (Lipinski definition) is 0. The second-order valence-electron chi connectivity index (χ2n) is 9.11. The Morgan fingerprint density at radius 3 is 1.70 bits per heavy atom. The molecule has 134 valence electrons. The van der Waals surface area contributed by atoms with E-state index in [0.29, 0.717) is 0 Å². The Hall–Kier alpha value is 0.350. The van der Waals surface area contributed by atoms with Crippen molar-refractivity contribution in [2.45, 2.75) is 95.6 Å². The van der Waals surface area contributed by atoms with E-state index in [-0.39, 0.29) is 0 Å². The van der Waals surface area contributed by atoms with E-state index in [9.17, 15) is 0 Å². The second kappa shape index (κ2) is 9.16.